The molecular weight excluding hydrogens is 290 g/mol. The minimum atomic E-state index is -0.446. The van der Waals surface area contributed by atoms with E-state index in [9.17, 15) is 4.79 Å². The largest absolute Gasteiger partial charge is 0.368 e. The van der Waals surface area contributed by atoms with Gasteiger partial charge in [0.05, 0.1) is 6.61 Å². The fourth-order valence-electron chi connectivity index (χ4n) is 2.60. The first kappa shape index (κ1) is 17.5. The molecule has 1 unspecified atom stereocenters. The number of nitrogens with one attached hydrogen (secondary N) is 1. The van der Waals surface area contributed by atoms with Gasteiger partial charge in [0.25, 0.3) is 0 Å². The van der Waals surface area contributed by atoms with Gasteiger partial charge in [-0.15, -0.1) is 6.58 Å². The molecule has 1 saturated heterocycles. The van der Waals surface area contributed by atoms with E-state index in [4.69, 9.17) is 4.74 Å². The number of carbonyl (C=O) groups excluding carboxylic acids is 1. The molecule has 1 aliphatic heterocycles. The molecule has 1 aromatic rings. The Bertz CT molecular complexity index is 513. The van der Waals surface area contributed by atoms with Crippen molar-refractivity contribution >= 4 is 11.7 Å². The number of hydrogen-bond acceptors (Lipinski definition) is 4. The van der Waals surface area contributed by atoms with Gasteiger partial charge in [-0.1, -0.05) is 6.08 Å². The van der Waals surface area contributed by atoms with E-state index in [0.717, 1.165) is 30.9 Å². The second kappa shape index (κ2) is 9.30. The topological polar surface area (TPSA) is 54.5 Å². The van der Waals surface area contributed by atoms with Gasteiger partial charge in [0.1, 0.15) is 11.9 Å². The third-order valence-corrected chi connectivity index (χ3v) is 4.02. The number of amides is 1. The first-order chi connectivity index (χ1) is 11.2. The number of nitrogens with zero attached hydrogens (tertiary/aromatic N) is 2. The van der Waals surface area contributed by atoms with Crippen LogP contribution >= 0.6 is 0 Å². The van der Waals surface area contributed by atoms with E-state index in [0.29, 0.717) is 13.2 Å². The lowest BCUT2D eigenvalue weighted by molar-refractivity contribution is -0.131. The Balaban J connectivity index is 1.83. The van der Waals surface area contributed by atoms with Gasteiger partial charge in [0, 0.05) is 25.8 Å². The van der Waals surface area contributed by atoms with E-state index in [1.54, 1.807) is 13.0 Å². The molecule has 0 bridgehead atoms. The van der Waals surface area contributed by atoms with Crippen LogP contribution in [0.4, 0.5) is 5.82 Å². The first-order valence-corrected chi connectivity index (χ1v) is 8.41. The van der Waals surface area contributed by atoms with Gasteiger partial charge in [0.15, 0.2) is 0 Å². The Hall–Kier alpha value is -1.88. The molecule has 0 radical (unpaired) electrons. The molecule has 23 heavy (non-hydrogen) atoms. The van der Waals surface area contributed by atoms with Crippen molar-refractivity contribution in [1.82, 2.24) is 10.3 Å². The highest BCUT2D eigenvalue weighted by molar-refractivity contribution is 5.80. The molecule has 0 spiro atoms. The zero-order valence-electron chi connectivity index (χ0n) is 14.0. The third kappa shape index (κ3) is 5.67. The summed E-state index contributed by atoms with van der Waals surface area (Å²) in [5, 5.41) is 2.92. The van der Waals surface area contributed by atoms with Gasteiger partial charge in [-0.05, 0) is 50.3 Å². The monoisotopic (exact) mass is 317 g/mol. The van der Waals surface area contributed by atoms with Crippen molar-refractivity contribution in [1.29, 1.82) is 0 Å². The van der Waals surface area contributed by atoms with E-state index < -0.39 is 6.10 Å². The summed E-state index contributed by atoms with van der Waals surface area (Å²) in [6.45, 7) is 8.55. The highest BCUT2D eigenvalue weighted by Gasteiger charge is 2.14. The van der Waals surface area contributed by atoms with Gasteiger partial charge in [0.2, 0.25) is 5.91 Å². The second-order valence-electron chi connectivity index (χ2n) is 5.88. The summed E-state index contributed by atoms with van der Waals surface area (Å²) in [5.41, 5.74) is 1.06. The molecule has 1 atom stereocenters. The fraction of sp³-hybridized carbons (Fsp3) is 0.556. The lowest BCUT2D eigenvalue weighted by Crippen LogP contribution is -2.34. The Kier molecular flexibility index (Phi) is 7.07. The molecule has 1 amide bonds. The van der Waals surface area contributed by atoms with Crippen LogP contribution in [-0.2, 0) is 16.1 Å². The summed E-state index contributed by atoms with van der Waals surface area (Å²) in [5.74, 6) is 0.914. The van der Waals surface area contributed by atoms with E-state index in [2.05, 4.69) is 27.8 Å². The van der Waals surface area contributed by atoms with Gasteiger partial charge in [-0.25, -0.2) is 4.98 Å². The molecule has 0 aromatic carbocycles. The van der Waals surface area contributed by atoms with Crippen LogP contribution in [0.5, 0.6) is 0 Å². The predicted octanol–water partition coefficient (Wildman–Crippen LogP) is 2.67. The van der Waals surface area contributed by atoms with Crippen molar-refractivity contribution in [2.24, 2.45) is 0 Å². The van der Waals surface area contributed by atoms with Gasteiger partial charge in [-0.2, -0.15) is 0 Å². The molecule has 5 heteroatoms. The number of ether oxygens (including phenoxy) is 1. The molecule has 2 rings (SSSR count). The minimum absolute atomic E-state index is 0.0922. The van der Waals surface area contributed by atoms with E-state index in [1.165, 1.54) is 19.3 Å². The van der Waals surface area contributed by atoms with Gasteiger partial charge >= 0.3 is 0 Å². The number of piperidine rings is 1. The maximum absolute atomic E-state index is 12.0. The summed E-state index contributed by atoms with van der Waals surface area (Å²) in [6, 6.07) is 4.01. The summed E-state index contributed by atoms with van der Waals surface area (Å²) >= 11 is 0. The van der Waals surface area contributed by atoms with Crippen molar-refractivity contribution < 1.29 is 9.53 Å². The van der Waals surface area contributed by atoms with Crippen molar-refractivity contribution in [2.75, 3.05) is 24.6 Å². The number of anilines is 1. The number of carbonyl (C=O) groups is 1. The van der Waals surface area contributed by atoms with Crippen LogP contribution < -0.4 is 10.2 Å². The third-order valence-electron chi connectivity index (χ3n) is 4.02. The highest BCUT2D eigenvalue weighted by Crippen LogP contribution is 2.18. The lowest BCUT2D eigenvalue weighted by atomic mass is 10.1. The van der Waals surface area contributed by atoms with E-state index in [1.807, 2.05) is 12.3 Å². The van der Waals surface area contributed by atoms with Crippen LogP contribution in [0.1, 0.15) is 38.2 Å². The summed E-state index contributed by atoms with van der Waals surface area (Å²) < 4.78 is 5.45. The Morgan fingerprint density at radius 1 is 1.48 bits per heavy atom. The van der Waals surface area contributed by atoms with Crippen LogP contribution in [0.3, 0.4) is 0 Å². The smallest absolute Gasteiger partial charge is 0.249 e. The number of rotatable bonds is 8. The summed E-state index contributed by atoms with van der Waals surface area (Å²) in [7, 11) is 0. The van der Waals surface area contributed by atoms with Crippen molar-refractivity contribution in [2.45, 2.75) is 45.3 Å². The summed E-state index contributed by atoms with van der Waals surface area (Å²) in [6.07, 6.45) is 7.65. The van der Waals surface area contributed by atoms with Gasteiger partial charge in [-0.3, -0.25) is 4.79 Å². The highest BCUT2D eigenvalue weighted by atomic mass is 16.5. The number of pyridine rings is 1. The van der Waals surface area contributed by atoms with Crippen LogP contribution in [0.2, 0.25) is 0 Å². The SMILES string of the molecule is C=CCCOC(C)C(=O)NCc1ccnc(N2CCCCC2)c1. The van der Waals surface area contributed by atoms with E-state index >= 15 is 0 Å². The average Bonchev–Trinajstić information content (AvgIpc) is 2.61. The minimum Gasteiger partial charge on any atom is -0.368 e. The molecule has 1 N–H and O–H groups in total. The quantitative estimate of drug-likeness (QED) is 0.591. The average molecular weight is 317 g/mol. The Labute approximate surface area is 138 Å². The molecule has 126 valence electrons. The van der Waals surface area contributed by atoms with Gasteiger partial charge < -0.3 is 15.0 Å². The van der Waals surface area contributed by atoms with E-state index in [-0.39, 0.29) is 5.91 Å². The Morgan fingerprint density at radius 3 is 3.00 bits per heavy atom. The van der Waals surface area contributed by atoms with Crippen molar-refractivity contribution in [3.8, 4) is 0 Å². The molecule has 5 nitrogen and oxygen atoms in total. The first-order valence-electron chi connectivity index (χ1n) is 8.41. The number of hydrogen-bond donors (Lipinski definition) is 1. The second-order valence-corrected chi connectivity index (χ2v) is 5.88. The normalized spacial score (nSPS) is 16.0. The van der Waals surface area contributed by atoms with Crippen LogP contribution in [-0.4, -0.2) is 36.7 Å². The van der Waals surface area contributed by atoms with Crippen LogP contribution in [0.15, 0.2) is 31.0 Å². The molecule has 2 heterocycles. The maximum Gasteiger partial charge on any atom is 0.249 e. The molecular formula is C18H27N3O2. The van der Waals surface area contributed by atoms with Crippen LogP contribution in [0, 0.1) is 0 Å². The number of aromatic nitrogens is 1. The predicted molar refractivity (Wildman–Crippen MR) is 92.4 cm³/mol. The molecule has 0 saturated carbocycles. The molecule has 1 aliphatic rings. The fourth-order valence-corrected chi connectivity index (χ4v) is 2.60. The van der Waals surface area contributed by atoms with Crippen molar-refractivity contribution in [3.63, 3.8) is 0 Å². The zero-order valence-corrected chi connectivity index (χ0v) is 14.0. The standard InChI is InChI=1S/C18H27N3O2/c1-3-4-12-23-15(2)18(22)20-14-16-8-9-19-17(13-16)21-10-6-5-7-11-21/h3,8-9,13,15H,1,4-7,10-12,14H2,2H3,(H,20,22). The molecule has 1 fully saturated rings. The molecule has 0 aliphatic carbocycles. The maximum atomic E-state index is 12.0. The molecule has 1 aromatic heterocycles. The van der Waals surface area contributed by atoms with Crippen LogP contribution in [0.25, 0.3) is 0 Å². The zero-order chi connectivity index (χ0) is 16.5. The van der Waals surface area contributed by atoms with Crippen molar-refractivity contribution in [3.05, 3.63) is 36.5 Å². The Morgan fingerprint density at radius 2 is 2.26 bits per heavy atom. The lowest BCUT2D eigenvalue weighted by Gasteiger charge is -2.28. The summed E-state index contributed by atoms with van der Waals surface area (Å²) in [4.78, 5) is 18.8.